The predicted octanol–water partition coefficient (Wildman–Crippen LogP) is 18.8. The van der Waals surface area contributed by atoms with Crippen molar-refractivity contribution in [3.05, 3.63) is 231 Å². The van der Waals surface area contributed by atoms with Gasteiger partial charge >= 0.3 is 0 Å². The molecule has 66 heavy (non-hydrogen) atoms. The fraction of sp³-hybridized carbons (Fsp3) is 0. The fourth-order valence-electron chi connectivity index (χ4n) is 12.2. The molecule has 0 saturated carbocycles. The Morgan fingerprint density at radius 1 is 0.152 bits per heavy atom. The van der Waals surface area contributed by atoms with Gasteiger partial charge in [-0.2, -0.15) is 0 Å². The minimum atomic E-state index is 1.22. The highest BCUT2D eigenvalue weighted by Crippen LogP contribution is 2.48. The van der Waals surface area contributed by atoms with E-state index in [0.717, 1.165) is 0 Å². The van der Waals surface area contributed by atoms with Crippen LogP contribution in [0.5, 0.6) is 0 Å². The van der Waals surface area contributed by atoms with E-state index < -0.39 is 0 Å². The van der Waals surface area contributed by atoms with Crippen LogP contribution in [0, 0.1) is 0 Å². The van der Waals surface area contributed by atoms with Crippen molar-refractivity contribution in [1.82, 2.24) is 0 Å². The van der Waals surface area contributed by atoms with Crippen LogP contribution in [-0.2, 0) is 0 Å². The van der Waals surface area contributed by atoms with Crippen LogP contribution in [0.1, 0.15) is 0 Å². The van der Waals surface area contributed by atoms with E-state index >= 15 is 0 Å². The smallest absolute Gasteiger partial charge is 0.00201 e. The molecule has 0 aliphatic rings. The first-order valence-electron chi connectivity index (χ1n) is 23.1. The quantitative estimate of drug-likeness (QED) is 0.122. The third kappa shape index (κ3) is 4.88. The first-order valence-corrected chi connectivity index (χ1v) is 23.1. The van der Waals surface area contributed by atoms with Gasteiger partial charge in [0.25, 0.3) is 0 Å². The topological polar surface area (TPSA) is 0 Å². The Morgan fingerprint density at radius 2 is 0.409 bits per heavy atom. The van der Waals surface area contributed by atoms with E-state index in [1.807, 2.05) is 0 Å². The van der Waals surface area contributed by atoms with Crippen molar-refractivity contribution in [2.45, 2.75) is 0 Å². The monoisotopic (exact) mass is 830 g/mol. The van der Waals surface area contributed by atoms with Gasteiger partial charge in [0, 0.05) is 0 Å². The zero-order valence-electron chi connectivity index (χ0n) is 35.9. The zero-order chi connectivity index (χ0) is 43.0. The molecule has 15 aromatic rings. The Balaban J connectivity index is 0.855. The molecule has 0 nitrogen and oxygen atoms in total. The van der Waals surface area contributed by atoms with E-state index in [9.17, 15) is 0 Å². The number of hydrogen-bond acceptors (Lipinski definition) is 0. The number of hydrogen-bond donors (Lipinski definition) is 0. The lowest BCUT2D eigenvalue weighted by molar-refractivity contribution is 1.63. The normalized spacial score (nSPS) is 12.2. The Hall–Kier alpha value is -8.58. The van der Waals surface area contributed by atoms with Gasteiger partial charge in [-0.05, 0) is 152 Å². The van der Waals surface area contributed by atoms with Gasteiger partial charge in [0.1, 0.15) is 0 Å². The highest BCUT2D eigenvalue weighted by molar-refractivity contribution is 6.35. The second kappa shape index (κ2) is 13.5. The summed E-state index contributed by atoms with van der Waals surface area (Å²) in [5.74, 6) is 0. The average molecular weight is 831 g/mol. The van der Waals surface area contributed by atoms with Crippen LogP contribution < -0.4 is 0 Å². The summed E-state index contributed by atoms with van der Waals surface area (Å²) in [6, 6.07) is 86.5. The lowest BCUT2D eigenvalue weighted by atomic mass is 9.84. The van der Waals surface area contributed by atoms with Gasteiger partial charge in [-0.25, -0.2) is 0 Å². The number of fused-ring (bicyclic) bond motifs is 6. The molecule has 0 aliphatic carbocycles. The molecule has 0 atom stereocenters. The van der Waals surface area contributed by atoms with Crippen LogP contribution in [-0.4, -0.2) is 0 Å². The molecular weight excluding hydrogens is 793 g/mol. The summed E-state index contributed by atoms with van der Waals surface area (Å²) in [4.78, 5) is 0. The summed E-state index contributed by atoms with van der Waals surface area (Å²) in [7, 11) is 0. The molecule has 302 valence electrons. The number of rotatable bonds is 4. The Morgan fingerprint density at radius 3 is 0.758 bits per heavy atom. The Kier molecular flexibility index (Phi) is 7.31. The van der Waals surface area contributed by atoms with E-state index in [1.165, 1.54) is 152 Å². The summed E-state index contributed by atoms with van der Waals surface area (Å²) < 4.78 is 0. The van der Waals surface area contributed by atoms with Gasteiger partial charge < -0.3 is 0 Å². The summed E-state index contributed by atoms with van der Waals surface area (Å²) in [6.45, 7) is 0. The molecule has 15 aromatic carbocycles. The maximum Gasteiger partial charge on any atom is -0.00201 e. The average Bonchev–Trinajstić information content (AvgIpc) is 3.38. The van der Waals surface area contributed by atoms with E-state index in [0.29, 0.717) is 0 Å². The summed E-state index contributed by atoms with van der Waals surface area (Å²) >= 11 is 0. The molecule has 0 unspecified atom stereocenters. The van der Waals surface area contributed by atoms with Crippen LogP contribution in [0.15, 0.2) is 231 Å². The van der Waals surface area contributed by atoms with Gasteiger partial charge in [-0.1, -0.05) is 231 Å². The maximum atomic E-state index is 2.35. The van der Waals surface area contributed by atoms with Gasteiger partial charge in [-0.15, -0.1) is 0 Å². The standard InChI is InChI=1S/C66H38/c1-2-16-50-49(15-1)63(43-31-27-39(28-32-43)45-35-37-59-55-21-7-13-41-11-5-19-53(61(41)55)57-25-9-23-47(45)65(57)59)51-17-3-4-18-52(51)64(50)44-33-29-40(30-34-44)46-36-38-60-56-22-8-14-42-12-6-20-54(62(42)56)58-26-10-24-48(46)66(58)60/h1-38H. The third-order valence-corrected chi connectivity index (χ3v) is 15.0. The molecular formula is C66H38. The lowest BCUT2D eigenvalue weighted by Crippen LogP contribution is -1.92. The molecule has 0 N–H and O–H groups in total. The highest BCUT2D eigenvalue weighted by Gasteiger charge is 2.20. The largest absolute Gasteiger partial charge is 0.0616 e. The van der Waals surface area contributed by atoms with Gasteiger partial charge in [0.05, 0.1) is 0 Å². The first kappa shape index (κ1) is 35.8. The minimum Gasteiger partial charge on any atom is -0.0616 e. The van der Waals surface area contributed by atoms with E-state index in [-0.39, 0.29) is 0 Å². The van der Waals surface area contributed by atoms with Crippen molar-refractivity contribution >= 4 is 108 Å². The molecule has 0 heteroatoms. The van der Waals surface area contributed by atoms with Gasteiger partial charge in [0.2, 0.25) is 0 Å². The second-order valence-electron chi connectivity index (χ2n) is 18.2. The Labute approximate surface area is 380 Å². The lowest BCUT2D eigenvalue weighted by Gasteiger charge is -2.19. The van der Waals surface area contributed by atoms with E-state index in [2.05, 4.69) is 231 Å². The van der Waals surface area contributed by atoms with Crippen LogP contribution in [0.25, 0.3) is 152 Å². The van der Waals surface area contributed by atoms with E-state index in [1.54, 1.807) is 0 Å². The zero-order valence-corrected chi connectivity index (χ0v) is 35.9. The van der Waals surface area contributed by atoms with E-state index in [4.69, 9.17) is 0 Å². The minimum absolute atomic E-state index is 1.22. The molecule has 0 aromatic heterocycles. The molecule has 15 rings (SSSR count). The summed E-state index contributed by atoms with van der Waals surface area (Å²) in [5, 5.41) is 26.2. The van der Waals surface area contributed by atoms with Crippen molar-refractivity contribution in [1.29, 1.82) is 0 Å². The van der Waals surface area contributed by atoms with Crippen LogP contribution in [0.3, 0.4) is 0 Å². The molecule has 0 heterocycles. The van der Waals surface area contributed by atoms with Crippen molar-refractivity contribution in [3.8, 4) is 44.5 Å². The highest BCUT2D eigenvalue weighted by atomic mass is 14.2. The molecule has 0 amide bonds. The third-order valence-electron chi connectivity index (χ3n) is 15.0. The molecule has 0 spiro atoms. The summed E-state index contributed by atoms with van der Waals surface area (Å²) in [6.07, 6.45) is 0. The number of benzene rings is 15. The van der Waals surface area contributed by atoms with Crippen molar-refractivity contribution in [2.75, 3.05) is 0 Å². The second-order valence-corrected chi connectivity index (χ2v) is 18.2. The predicted molar refractivity (Wildman–Crippen MR) is 286 cm³/mol. The fourth-order valence-corrected chi connectivity index (χ4v) is 12.2. The molecule has 0 radical (unpaired) electrons. The SMILES string of the molecule is c1ccc2c(-c3ccc(-c4ccc5c6cccc7cccc(c8cccc4c85)c76)cc3)c3ccccc3c(-c3ccc(-c4ccc5c6cccc7cccc(c8cccc4c85)c76)cc3)c2c1. The molecule has 0 aliphatic heterocycles. The maximum absolute atomic E-state index is 2.35. The van der Waals surface area contributed by atoms with Crippen LogP contribution >= 0.6 is 0 Å². The van der Waals surface area contributed by atoms with Crippen molar-refractivity contribution < 1.29 is 0 Å². The van der Waals surface area contributed by atoms with Gasteiger partial charge in [-0.3, -0.25) is 0 Å². The molecule has 0 bridgehead atoms. The van der Waals surface area contributed by atoms with Crippen LogP contribution in [0.4, 0.5) is 0 Å². The Bertz CT molecular complexity index is 4030. The van der Waals surface area contributed by atoms with Crippen molar-refractivity contribution in [3.63, 3.8) is 0 Å². The van der Waals surface area contributed by atoms with Crippen molar-refractivity contribution in [2.24, 2.45) is 0 Å². The van der Waals surface area contributed by atoms with Gasteiger partial charge in [0.15, 0.2) is 0 Å². The van der Waals surface area contributed by atoms with Crippen LogP contribution in [0.2, 0.25) is 0 Å². The molecule has 0 saturated heterocycles. The molecule has 0 fully saturated rings. The first-order chi connectivity index (χ1) is 32.8. The summed E-state index contributed by atoms with van der Waals surface area (Å²) in [5.41, 5.74) is 9.96.